The summed E-state index contributed by atoms with van der Waals surface area (Å²) in [7, 11) is 0. The van der Waals surface area contributed by atoms with E-state index in [2.05, 4.69) is 31.3 Å². The van der Waals surface area contributed by atoms with Crippen molar-refractivity contribution in [3.8, 4) is 0 Å². The quantitative estimate of drug-likeness (QED) is 0.578. The molecule has 2 aromatic rings. The zero-order valence-electron chi connectivity index (χ0n) is 18.2. The van der Waals surface area contributed by atoms with E-state index in [9.17, 15) is 9.59 Å². The van der Waals surface area contributed by atoms with Crippen molar-refractivity contribution in [3.63, 3.8) is 0 Å². The van der Waals surface area contributed by atoms with E-state index in [1.165, 1.54) is 10.5 Å². The summed E-state index contributed by atoms with van der Waals surface area (Å²) in [5, 5.41) is 12.7. The van der Waals surface area contributed by atoms with E-state index in [4.69, 9.17) is 16.7 Å². The van der Waals surface area contributed by atoms with Crippen LogP contribution >= 0.6 is 11.6 Å². The molecule has 1 heterocycles. The Kier molecular flexibility index (Phi) is 7.06. The van der Waals surface area contributed by atoms with Gasteiger partial charge in [-0.05, 0) is 54.0 Å². The van der Waals surface area contributed by atoms with Crippen molar-refractivity contribution < 1.29 is 14.7 Å². The normalized spacial score (nSPS) is 18.7. The van der Waals surface area contributed by atoms with Crippen LogP contribution in [0.1, 0.15) is 43.9 Å². The summed E-state index contributed by atoms with van der Waals surface area (Å²) in [5.74, 6) is -0.784. The van der Waals surface area contributed by atoms with Crippen molar-refractivity contribution in [2.24, 2.45) is 5.92 Å². The van der Waals surface area contributed by atoms with Crippen molar-refractivity contribution in [1.82, 2.24) is 10.2 Å². The molecule has 0 radical (unpaired) electrons. The minimum Gasteiger partial charge on any atom is -0.481 e. The highest BCUT2D eigenvalue weighted by atomic mass is 35.5. The first-order valence-corrected chi connectivity index (χ1v) is 10.9. The van der Waals surface area contributed by atoms with Crippen LogP contribution in [0.5, 0.6) is 0 Å². The van der Waals surface area contributed by atoms with E-state index in [1.54, 1.807) is 6.20 Å². The number of amides is 2. The number of carboxylic acid groups (broad SMARTS) is 1. The van der Waals surface area contributed by atoms with E-state index in [-0.39, 0.29) is 24.9 Å². The van der Waals surface area contributed by atoms with Gasteiger partial charge in [0.1, 0.15) is 0 Å². The van der Waals surface area contributed by atoms with Gasteiger partial charge in [0, 0.05) is 17.8 Å². The molecule has 0 bridgehead atoms. The number of hydrogen-bond acceptors (Lipinski definition) is 2. The smallest absolute Gasteiger partial charge is 0.322 e. The number of nitrogens with zero attached hydrogens (tertiary/aromatic N) is 1. The van der Waals surface area contributed by atoms with Gasteiger partial charge >= 0.3 is 12.0 Å². The molecule has 31 heavy (non-hydrogen) atoms. The number of nitrogens with one attached hydrogen (secondary N) is 1. The lowest BCUT2D eigenvalue weighted by Crippen LogP contribution is -2.55. The molecule has 2 N–H and O–H groups in total. The van der Waals surface area contributed by atoms with Gasteiger partial charge in [-0.2, -0.15) is 0 Å². The standard InChI is InChI=1S/C25H29ClN2O3/c1-17(2)21-16-28(14-13-23(29)30)24(31)27-25(21,3)20-12-11-19(22(26)15-20)10-9-18-7-5-4-6-8-18/h4-8,11-12,15-17H,9-10,13-14H2,1-3H3,(H,27,31)(H,29,30)/t25-/m0/s1. The lowest BCUT2D eigenvalue weighted by atomic mass is 9.78. The van der Waals surface area contributed by atoms with Gasteiger partial charge in [0.05, 0.1) is 12.0 Å². The maximum absolute atomic E-state index is 12.7. The third-order valence-electron chi connectivity index (χ3n) is 5.83. The predicted molar refractivity (Wildman–Crippen MR) is 123 cm³/mol. The van der Waals surface area contributed by atoms with Crippen LogP contribution < -0.4 is 5.32 Å². The second kappa shape index (κ2) is 9.56. The number of urea groups is 1. The summed E-state index contributed by atoms with van der Waals surface area (Å²) >= 11 is 6.65. The average molecular weight is 441 g/mol. The highest BCUT2D eigenvalue weighted by Gasteiger charge is 2.39. The molecule has 0 aromatic heterocycles. The van der Waals surface area contributed by atoms with Crippen LogP contribution in [-0.4, -0.2) is 28.6 Å². The maximum atomic E-state index is 12.7. The second-order valence-corrected chi connectivity index (χ2v) is 8.83. The SMILES string of the molecule is CC(C)C1=CN(CCC(=O)O)C(=O)N[C@@]1(C)c1ccc(CCc2ccccc2)c(Cl)c1. The first kappa shape index (κ1) is 22.9. The first-order valence-electron chi connectivity index (χ1n) is 10.6. The summed E-state index contributed by atoms with van der Waals surface area (Å²) in [6.07, 6.45) is 3.43. The molecule has 5 nitrogen and oxygen atoms in total. The van der Waals surface area contributed by atoms with E-state index >= 15 is 0 Å². The third kappa shape index (κ3) is 5.28. The average Bonchev–Trinajstić information content (AvgIpc) is 2.72. The van der Waals surface area contributed by atoms with Crippen molar-refractivity contribution in [2.45, 2.75) is 45.6 Å². The molecule has 1 aliphatic heterocycles. The lowest BCUT2D eigenvalue weighted by molar-refractivity contribution is -0.137. The Morgan fingerprint density at radius 1 is 1.16 bits per heavy atom. The molecule has 0 unspecified atom stereocenters. The molecule has 164 valence electrons. The molecule has 0 saturated heterocycles. The fourth-order valence-electron chi connectivity index (χ4n) is 4.05. The number of rotatable bonds is 8. The topological polar surface area (TPSA) is 69.6 Å². The predicted octanol–water partition coefficient (Wildman–Crippen LogP) is 5.38. The number of benzene rings is 2. The number of halogens is 1. The molecular weight excluding hydrogens is 412 g/mol. The molecule has 3 rings (SSSR count). The summed E-state index contributed by atoms with van der Waals surface area (Å²) in [6, 6.07) is 16.0. The fourth-order valence-corrected chi connectivity index (χ4v) is 4.32. The monoisotopic (exact) mass is 440 g/mol. The van der Waals surface area contributed by atoms with Gasteiger partial charge < -0.3 is 15.3 Å². The molecule has 2 amide bonds. The van der Waals surface area contributed by atoms with Crippen LogP contribution in [0, 0.1) is 5.92 Å². The highest BCUT2D eigenvalue weighted by Crippen LogP contribution is 2.38. The third-order valence-corrected chi connectivity index (χ3v) is 6.19. The van der Waals surface area contributed by atoms with Crippen LogP contribution in [-0.2, 0) is 23.2 Å². The van der Waals surface area contributed by atoms with Crippen LogP contribution in [0.15, 0.2) is 60.3 Å². The van der Waals surface area contributed by atoms with Gasteiger partial charge in [0.2, 0.25) is 0 Å². The minimum atomic E-state index is -0.932. The molecule has 0 aliphatic carbocycles. The Morgan fingerprint density at radius 2 is 1.87 bits per heavy atom. The largest absolute Gasteiger partial charge is 0.481 e. The second-order valence-electron chi connectivity index (χ2n) is 8.42. The zero-order chi connectivity index (χ0) is 22.6. The number of hydrogen-bond donors (Lipinski definition) is 2. The Bertz CT molecular complexity index is 988. The number of carboxylic acids is 1. The van der Waals surface area contributed by atoms with Crippen molar-refractivity contribution in [1.29, 1.82) is 0 Å². The van der Waals surface area contributed by atoms with Crippen molar-refractivity contribution in [3.05, 3.63) is 82.0 Å². The summed E-state index contributed by atoms with van der Waals surface area (Å²) < 4.78 is 0. The molecule has 0 fully saturated rings. The van der Waals surface area contributed by atoms with Gasteiger partial charge in [0.25, 0.3) is 0 Å². The Morgan fingerprint density at radius 3 is 2.48 bits per heavy atom. The molecule has 0 spiro atoms. The lowest BCUT2D eigenvalue weighted by Gasteiger charge is -2.42. The maximum Gasteiger partial charge on any atom is 0.322 e. The molecule has 1 aliphatic rings. The Labute approximate surface area is 188 Å². The van der Waals surface area contributed by atoms with Gasteiger partial charge in [-0.25, -0.2) is 4.79 Å². The van der Waals surface area contributed by atoms with Crippen LogP contribution in [0.2, 0.25) is 5.02 Å². The van der Waals surface area contributed by atoms with Gasteiger partial charge in [0.15, 0.2) is 0 Å². The summed E-state index contributed by atoms with van der Waals surface area (Å²) in [4.78, 5) is 25.1. The van der Waals surface area contributed by atoms with Crippen LogP contribution in [0.3, 0.4) is 0 Å². The first-order chi connectivity index (χ1) is 14.7. The van der Waals surface area contributed by atoms with Crippen molar-refractivity contribution >= 4 is 23.6 Å². The van der Waals surface area contributed by atoms with Crippen molar-refractivity contribution in [2.75, 3.05) is 6.54 Å². The van der Waals surface area contributed by atoms with Gasteiger partial charge in [-0.15, -0.1) is 0 Å². The molecule has 2 aromatic carbocycles. The summed E-state index contributed by atoms with van der Waals surface area (Å²) in [6.45, 7) is 6.23. The van der Waals surface area contributed by atoms with E-state index in [0.29, 0.717) is 5.02 Å². The highest BCUT2D eigenvalue weighted by molar-refractivity contribution is 6.31. The fraction of sp³-hybridized carbons (Fsp3) is 0.360. The molecule has 1 atom stereocenters. The zero-order valence-corrected chi connectivity index (χ0v) is 18.9. The number of aliphatic carboxylic acids is 1. The van der Waals surface area contributed by atoms with Crippen LogP contribution in [0.4, 0.5) is 4.79 Å². The number of carbonyl (C=O) groups excluding carboxylic acids is 1. The van der Waals surface area contributed by atoms with Gasteiger partial charge in [-0.1, -0.05) is 67.9 Å². The Balaban J connectivity index is 1.85. The van der Waals surface area contributed by atoms with E-state index in [0.717, 1.165) is 29.5 Å². The van der Waals surface area contributed by atoms with Gasteiger partial charge in [-0.3, -0.25) is 4.79 Å². The summed E-state index contributed by atoms with van der Waals surface area (Å²) in [5.41, 5.74) is 3.53. The van der Waals surface area contributed by atoms with E-state index in [1.807, 2.05) is 43.3 Å². The molecule has 6 heteroatoms. The Hall–Kier alpha value is -2.79. The minimum absolute atomic E-state index is 0.103. The van der Waals surface area contributed by atoms with E-state index < -0.39 is 11.5 Å². The van der Waals surface area contributed by atoms with Crippen LogP contribution in [0.25, 0.3) is 0 Å². The number of carbonyl (C=O) groups is 2. The molecular formula is C25H29ClN2O3. The number of aryl methyl sites for hydroxylation is 2. The molecule has 0 saturated carbocycles.